The van der Waals surface area contributed by atoms with Crippen molar-refractivity contribution >= 4 is 0 Å². The summed E-state index contributed by atoms with van der Waals surface area (Å²) in [5.41, 5.74) is 3.31. The summed E-state index contributed by atoms with van der Waals surface area (Å²) < 4.78 is 2.18. The molecule has 0 saturated heterocycles. The molecule has 0 unspecified atom stereocenters. The molecule has 0 aliphatic carbocycles. The van der Waals surface area contributed by atoms with E-state index in [0.29, 0.717) is 0 Å². The third-order valence-electron chi connectivity index (χ3n) is 3.12. The molecule has 3 heteroatoms. The number of hydrogen-bond acceptors (Lipinski definition) is 2. The van der Waals surface area contributed by atoms with E-state index in [-0.39, 0.29) is 5.43 Å². The van der Waals surface area contributed by atoms with Crippen LogP contribution >= 0.6 is 0 Å². The molecular formula is C14H14N2O. The van der Waals surface area contributed by atoms with Crippen molar-refractivity contribution < 1.29 is 0 Å². The number of nitrogens with zero attached hydrogens (tertiary/aromatic N) is 1. The fourth-order valence-corrected chi connectivity index (χ4v) is 2.30. The van der Waals surface area contributed by atoms with Gasteiger partial charge in [0.25, 0.3) is 0 Å². The summed E-state index contributed by atoms with van der Waals surface area (Å²) in [5, 5.41) is 3.33. The van der Waals surface area contributed by atoms with Crippen LogP contribution in [-0.2, 0) is 13.1 Å². The number of rotatable bonds is 1. The van der Waals surface area contributed by atoms with Crippen molar-refractivity contribution in [3.8, 4) is 11.3 Å². The number of nitrogens with one attached hydrogen (secondary N) is 1. The van der Waals surface area contributed by atoms with Crippen LogP contribution in [0.2, 0.25) is 0 Å². The summed E-state index contributed by atoms with van der Waals surface area (Å²) in [6, 6.07) is 13.5. The SMILES string of the molecule is O=c1cc2n(c(-c3ccccc3)c1)CNCC2. The monoisotopic (exact) mass is 226 g/mol. The Hall–Kier alpha value is -1.87. The van der Waals surface area contributed by atoms with E-state index >= 15 is 0 Å². The predicted octanol–water partition coefficient (Wildman–Crippen LogP) is 1.62. The lowest BCUT2D eigenvalue weighted by molar-refractivity contribution is 0.492. The van der Waals surface area contributed by atoms with E-state index in [1.165, 1.54) is 0 Å². The molecule has 1 aliphatic rings. The van der Waals surface area contributed by atoms with Crippen LogP contribution in [0.25, 0.3) is 11.3 Å². The molecule has 3 nitrogen and oxygen atoms in total. The van der Waals surface area contributed by atoms with Crippen molar-refractivity contribution in [2.45, 2.75) is 13.1 Å². The first-order chi connectivity index (χ1) is 8.34. The van der Waals surface area contributed by atoms with E-state index in [0.717, 1.165) is 36.6 Å². The second-order valence-corrected chi connectivity index (χ2v) is 4.27. The first-order valence-electron chi connectivity index (χ1n) is 5.84. The zero-order chi connectivity index (χ0) is 11.7. The van der Waals surface area contributed by atoms with Crippen LogP contribution < -0.4 is 10.7 Å². The minimum absolute atomic E-state index is 0.0944. The molecule has 0 bridgehead atoms. The second-order valence-electron chi connectivity index (χ2n) is 4.27. The highest BCUT2D eigenvalue weighted by atomic mass is 16.1. The third-order valence-corrected chi connectivity index (χ3v) is 3.12. The van der Waals surface area contributed by atoms with Crippen LogP contribution in [-0.4, -0.2) is 11.1 Å². The summed E-state index contributed by atoms with van der Waals surface area (Å²) in [7, 11) is 0. The molecule has 0 amide bonds. The molecule has 3 rings (SSSR count). The Balaban J connectivity index is 2.22. The van der Waals surface area contributed by atoms with E-state index in [9.17, 15) is 4.79 Å². The number of benzene rings is 1. The summed E-state index contributed by atoms with van der Waals surface area (Å²) in [6.45, 7) is 1.72. The van der Waals surface area contributed by atoms with Crippen LogP contribution in [0, 0.1) is 0 Å². The lowest BCUT2D eigenvalue weighted by Crippen LogP contribution is -2.31. The average Bonchev–Trinajstić information content (AvgIpc) is 2.39. The predicted molar refractivity (Wildman–Crippen MR) is 67.8 cm³/mol. The van der Waals surface area contributed by atoms with Gasteiger partial charge in [0.1, 0.15) is 0 Å². The fourth-order valence-electron chi connectivity index (χ4n) is 2.30. The minimum atomic E-state index is 0.0944. The minimum Gasteiger partial charge on any atom is -0.331 e. The molecule has 0 atom stereocenters. The van der Waals surface area contributed by atoms with E-state index in [4.69, 9.17) is 0 Å². The summed E-state index contributed by atoms with van der Waals surface area (Å²) in [6.07, 6.45) is 0.913. The van der Waals surface area contributed by atoms with Gasteiger partial charge in [0.2, 0.25) is 0 Å². The number of hydrogen-bond donors (Lipinski definition) is 1. The van der Waals surface area contributed by atoms with Gasteiger partial charge in [-0.2, -0.15) is 0 Å². The highest BCUT2D eigenvalue weighted by molar-refractivity contribution is 5.59. The summed E-state index contributed by atoms with van der Waals surface area (Å²) >= 11 is 0. The van der Waals surface area contributed by atoms with Gasteiger partial charge in [-0.15, -0.1) is 0 Å². The molecule has 86 valence electrons. The third kappa shape index (κ3) is 1.89. The van der Waals surface area contributed by atoms with Gasteiger partial charge in [-0.25, -0.2) is 0 Å². The highest BCUT2D eigenvalue weighted by Gasteiger charge is 2.12. The molecule has 0 radical (unpaired) electrons. The first-order valence-corrected chi connectivity index (χ1v) is 5.84. The van der Waals surface area contributed by atoms with Gasteiger partial charge in [-0.1, -0.05) is 30.3 Å². The van der Waals surface area contributed by atoms with Crippen LogP contribution in [0.4, 0.5) is 0 Å². The van der Waals surface area contributed by atoms with Crippen LogP contribution in [0.3, 0.4) is 0 Å². The number of pyridine rings is 1. The van der Waals surface area contributed by atoms with E-state index in [2.05, 4.69) is 9.88 Å². The maximum absolute atomic E-state index is 11.7. The normalized spacial score (nSPS) is 14.4. The van der Waals surface area contributed by atoms with Crippen molar-refractivity contribution in [3.05, 3.63) is 58.4 Å². The molecule has 2 heterocycles. The van der Waals surface area contributed by atoms with Gasteiger partial charge in [-0.3, -0.25) is 10.1 Å². The summed E-state index contributed by atoms with van der Waals surface area (Å²) in [4.78, 5) is 11.7. The van der Waals surface area contributed by atoms with Crippen LogP contribution in [0.5, 0.6) is 0 Å². The maximum Gasteiger partial charge on any atom is 0.182 e. The van der Waals surface area contributed by atoms with Crippen LogP contribution in [0.15, 0.2) is 47.3 Å². The molecule has 0 fully saturated rings. The summed E-state index contributed by atoms with van der Waals surface area (Å²) in [5.74, 6) is 0. The van der Waals surface area contributed by atoms with Crippen molar-refractivity contribution in [1.82, 2.24) is 9.88 Å². The van der Waals surface area contributed by atoms with Gasteiger partial charge in [0.05, 0.1) is 12.4 Å². The van der Waals surface area contributed by atoms with Gasteiger partial charge in [0, 0.05) is 30.8 Å². The highest BCUT2D eigenvalue weighted by Crippen LogP contribution is 2.20. The smallest absolute Gasteiger partial charge is 0.182 e. The second kappa shape index (κ2) is 4.18. The number of aromatic nitrogens is 1. The Morgan fingerprint density at radius 3 is 2.76 bits per heavy atom. The molecule has 0 saturated carbocycles. The first kappa shape index (κ1) is 10.3. The molecule has 17 heavy (non-hydrogen) atoms. The number of fused-ring (bicyclic) bond motifs is 1. The fraction of sp³-hybridized carbons (Fsp3) is 0.214. The van der Waals surface area contributed by atoms with Crippen molar-refractivity contribution in [1.29, 1.82) is 0 Å². The zero-order valence-corrected chi connectivity index (χ0v) is 9.52. The Morgan fingerprint density at radius 2 is 1.94 bits per heavy atom. The maximum atomic E-state index is 11.7. The molecule has 1 aliphatic heterocycles. The van der Waals surface area contributed by atoms with Crippen molar-refractivity contribution in [2.75, 3.05) is 6.54 Å². The zero-order valence-electron chi connectivity index (χ0n) is 9.52. The Morgan fingerprint density at radius 1 is 1.12 bits per heavy atom. The largest absolute Gasteiger partial charge is 0.331 e. The van der Waals surface area contributed by atoms with E-state index < -0.39 is 0 Å². The Bertz CT molecular complexity index is 587. The van der Waals surface area contributed by atoms with Gasteiger partial charge >= 0.3 is 0 Å². The van der Waals surface area contributed by atoms with Crippen LogP contribution in [0.1, 0.15) is 5.69 Å². The molecular weight excluding hydrogens is 212 g/mol. The van der Waals surface area contributed by atoms with Crippen molar-refractivity contribution in [2.24, 2.45) is 0 Å². The molecule has 1 aromatic heterocycles. The average molecular weight is 226 g/mol. The standard InChI is InChI=1S/C14H14N2O/c17-13-8-12-6-7-15-10-16(12)14(9-13)11-4-2-1-3-5-11/h1-5,8-9,15H,6-7,10H2. The van der Waals surface area contributed by atoms with Crippen molar-refractivity contribution in [3.63, 3.8) is 0 Å². The van der Waals surface area contributed by atoms with E-state index in [1.54, 1.807) is 12.1 Å². The van der Waals surface area contributed by atoms with Gasteiger partial charge < -0.3 is 4.57 Å². The quantitative estimate of drug-likeness (QED) is 0.801. The Labute approximate surface area is 99.7 Å². The molecule has 1 aromatic carbocycles. The Kier molecular flexibility index (Phi) is 2.53. The lowest BCUT2D eigenvalue weighted by atomic mass is 10.1. The molecule has 1 N–H and O–H groups in total. The van der Waals surface area contributed by atoms with Gasteiger partial charge in [0.15, 0.2) is 5.43 Å². The molecule has 0 spiro atoms. The lowest BCUT2D eigenvalue weighted by Gasteiger charge is -2.23. The topological polar surface area (TPSA) is 34.0 Å². The van der Waals surface area contributed by atoms with Gasteiger partial charge in [-0.05, 0) is 5.56 Å². The van der Waals surface area contributed by atoms with E-state index in [1.807, 2.05) is 30.3 Å². The molecule has 2 aromatic rings.